The maximum absolute atomic E-state index is 11.9. The van der Waals surface area contributed by atoms with Crippen LogP contribution in [-0.4, -0.2) is 30.6 Å². The van der Waals surface area contributed by atoms with E-state index in [1.165, 1.54) is 0 Å². The number of hydrogen-bond donors (Lipinski definition) is 1. The van der Waals surface area contributed by atoms with Crippen LogP contribution in [0.15, 0.2) is 24.3 Å². The van der Waals surface area contributed by atoms with Crippen LogP contribution in [0.2, 0.25) is 0 Å². The molecule has 0 saturated heterocycles. The Morgan fingerprint density at radius 1 is 1.24 bits per heavy atom. The molecular formula is C19H24N2O4. The fraction of sp³-hybridized carbons (Fsp3) is 0.526. The fourth-order valence-electron chi connectivity index (χ4n) is 2.90. The molecule has 1 fully saturated rings. The van der Waals surface area contributed by atoms with Gasteiger partial charge in [0.15, 0.2) is 6.61 Å². The summed E-state index contributed by atoms with van der Waals surface area (Å²) in [6.07, 6.45) is 4.27. The molecule has 0 bridgehead atoms. The summed E-state index contributed by atoms with van der Waals surface area (Å²) in [6.45, 7) is 1.74. The normalized spacial score (nSPS) is 15.7. The van der Waals surface area contributed by atoms with Gasteiger partial charge in [0.25, 0.3) is 5.91 Å². The number of aryl methyl sites for hydroxylation is 1. The number of rotatable bonds is 7. The van der Waals surface area contributed by atoms with Crippen LogP contribution in [0, 0.1) is 18.3 Å². The van der Waals surface area contributed by atoms with Crippen LogP contribution in [-0.2, 0) is 14.3 Å². The van der Waals surface area contributed by atoms with Gasteiger partial charge < -0.3 is 14.8 Å². The van der Waals surface area contributed by atoms with Crippen molar-refractivity contribution in [2.24, 2.45) is 0 Å². The van der Waals surface area contributed by atoms with Crippen molar-refractivity contribution in [3.8, 4) is 11.8 Å². The number of amides is 1. The highest BCUT2D eigenvalue weighted by atomic mass is 16.5. The van der Waals surface area contributed by atoms with Crippen LogP contribution in [0.4, 0.5) is 0 Å². The van der Waals surface area contributed by atoms with Crippen molar-refractivity contribution in [3.63, 3.8) is 0 Å². The van der Waals surface area contributed by atoms with Crippen molar-refractivity contribution < 1.29 is 19.1 Å². The lowest BCUT2D eigenvalue weighted by Gasteiger charge is -2.31. The summed E-state index contributed by atoms with van der Waals surface area (Å²) >= 11 is 0. The number of carbonyl (C=O) groups excluding carboxylic acids is 2. The number of esters is 1. The Balaban J connectivity index is 1.68. The first-order valence-corrected chi connectivity index (χ1v) is 8.61. The van der Waals surface area contributed by atoms with Crippen LogP contribution in [0.5, 0.6) is 5.75 Å². The molecule has 0 unspecified atom stereocenters. The topological polar surface area (TPSA) is 88.4 Å². The number of para-hydroxylation sites is 1. The molecule has 0 atom stereocenters. The lowest BCUT2D eigenvalue weighted by molar-refractivity contribution is -0.149. The number of nitriles is 1. The first-order chi connectivity index (χ1) is 12.0. The second-order valence-electron chi connectivity index (χ2n) is 6.33. The first-order valence-electron chi connectivity index (χ1n) is 8.61. The lowest BCUT2D eigenvalue weighted by atomic mass is 9.83. The van der Waals surface area contributed by atoms with Crippen LogP contribution < -0.4 is 10.1 Å². The van der Waals surface area contributed by atoms with E-state index in [2.05, 4.69) is 11.4 Å². The van der Waals surface area contributed by atoms with Gasteiger partial charge in [-0.3, -0.25) is 9.59 Å². The molecular weight excluding hydrogens is 320 g/mol. The number of nitrogens with one attached hydrogen (secondary N) is 1. The molecule has 1 N–H and O–H groups in total. The van der Waals surface area contributed by atoms with Gasteiger partial charge in [-0.2, -0.15) is 5.26 Å². The van der Waals surface area contributed by atoms with Crippen molar-refractivity contribution >= 4 is 11.9 Å². The van der Waals surface area contributed by atoms with Crippen molar-refractivity contribution in [2.75, 3.05) is 13.2 Å². The molecule has 1 saturated carbocycles. The van der Waals surface area contributed by atoms with Gasteiger partial charge in [0.1, 0.15) is 11.3 Å². The SMILES string of the molecule is Cc1ccccc1OCCC(=O)OCC(=O)NC1(C#N)CCCCC1. The summed E-state index contributed by atoms with van der Waals surface area (Å²) in [7, 11) is 0. The van der Waals surface area contributed by atoms with E-state index in [4.69, 9.17) is 9.47 Å². The zero-order valence-electron chi connectivity index (χ0n) is 14.5. The number of ether oxygens (including phenoxy) is 2. The standard InChI is InChI=1S/C19H24N2O4/c1-15-7-3-4-8-16(15)24-12-9-18(23)25-13-17(22)21-19(14-20)10-5-2-6-11-19/h3-4,7-8H,2,5-6,9-13H2,1H3,(H,21,22). The summed E-state index contributed by atoms with van der Waals surface area (Å²) < 4.78 is 10.5. The Hall–Kier alpha value is -2.55. The molecule has 0 radical (unpaired) electrons. The average molecular weight is 344 g/mol. The zero-order chi connectivity index (χ0) is 18.1. The second-order valence-corrected chi connectivity index (χ2v) is 6.33. The number of hydrogen-bond acceptors (Lipinski definition) is 5. The maximum atomic E-state index is 11.9. The van der Waals surface area contributed by atoms with E-state index >= 15 is 0 Å². The molecule has 0 spiro atoms. The third-order valence-electron chi connectivity index (χ3n) is 4.32. The van der Waals surface area contributed by atoms with Gasteiger partial charge in [-0.15, -0.1) is 0 Å². The predicted molar refractivity (Wildman–Crippen MR) is 91.8 cm³/mol. The van der Waals surface area contributed by atoms with E-state index in [9.17, 15) is 14.9 Å². The van der Waals surface area contributed by atoms with Crippen molar-refractivity contribution in [1.82, 2.24) is 5.32 Å². The molecule has 1 aromatic rings. The minimum atomic E-state index is -0.810. The molecule has 6 heteroatoms. The highest BCUT2D eigenvalue weighted by Gasteiger charge is 2.33. The van der Waals surface area contributed by atoms with Gasteiger partial charge >= 0.3 is 5.97 Å². The van der Waals surface area contributed by atoms with Gasteiger partial charge in [-0.1, -0.05) is 37.5 Å². The monoisotopic (exact) mass is 344 g/mol. The molecule has 134 valence electrons. The Labute approximate surface area is 148 Å². The van der Waals surface area contributed by atoms with Crippen LogP contribution in [0.3, 0.4) is 0 Å². The van der Waals surface area contributed by atoms with E-state index in [1.807, 2.05) is 31.2 Å². The van der Waals surface area contributed by atoms with E-state index in [-0.39, 0.29) is 19.6 Å². The van der Waals surface area contributed by atoms with Crippen molar-refractivity contribution in [1.29, 1.82) is 5.26 Å². The summed E-state index contributed by atoms with van der Waals surface area (Å²) in [5.41, 5.74) is 0.180. The smallest absolute Gasteiger partial charge is 0.309 e. The fourth-order valence-corrected chi connectivity index (χ4v) is 2.90. The maximum Gasteiger partial charge on any atom is 0.309 e. The largest absolute Gasteiger partial charge is 0.493 e. The van der Waals surface area contributed by atoms with E-state index < -0.39 is 17.4 Å². The molecule has 1 amide bonds. The molecule has 0 aromatic heterocycles. The third-order valence-corrected chi connectivity index (χ3v) is 4.32. The molecule has 0 aliphatic heterocycles. The molecule has 1 aliphatic carbocycles. The Kier molecular flexibility index (Phi) is 6.81. The van der Waals surface area contributed by atoms with E-state index in [0.717, 1.165) is 30.6 Å². The van der Waals surface area contributed by atoms with Crippen molar-refractivity contribution in [3.05, 3.63) is 29.8 Å². The van der Waals surface area contributed by atoms with Gasteiger partial charge in [-0.25, -0.2) is 0 Å². The molecule has 2 rings (SSSR count). The summed E-state index contributed by atoms with van der Waals surface area (Å²) in [6, 6.07) is 9.73. The zero-order valence-corrected chi connectivity index (χ0v) is 14.5. The van der Waals surface area contributed by atoms with Gasteiger partial charge in [-0.05, 0) is 31.4 Å². The van der Waals surface area contributed by atoms with Gasteiger partial charge in [0, 0.05) is 0 Å². The summed E-state index contributed by atoms with van der Waals surface area (Å²) in [5, 5.41) is 12.0. The van der Waals surface area contributed by atoms with Crippen LogP contribution >= 0.6 is 0 Å². The highest BCUT2D eigenvalue weighted by Crippen LogP contribution is 2.27. The molecule has 25 heavy (non-hydrogen) atoms. The van der Waals surface area contributed by atoms with Crippen LogP contribution in [0.25, 0.3) is 0 Å². The Bertz CT molecular complexity index is 645. The predicted octanol–water partition coefficient (Wildman–Crippen LogP) is 2.65. The average Bonchev–Trinajstić information content (AvgIpc) is 2.62. The summed E-state index contributed by atoms with van der Waals surface area (Å²) in [4.78, 5) is 23.7. The van der Waals surface area contributed by atoms with E-state index in [1.54, 1.807) is 0 Å². The molecule has 1 aliphatic rings. The number of carbonyl (C=O) groups is 2. The quantitative estimate of drug-likeness (QED) is 0.768. The summed E-state index contributed by atoms with van der Waals surface area (Å²) in [5.74, 6) is -0.212. The number of nitrogens with zero attached hydrogens (tertiary/aromatic N) is 1. The number of benzene rings is 1. The minimum Gasteiger partial charge on any atom is -0.493 e. The van der Waals surface area contributed by atoms with E-state index in [0.29, 0.717) is 12.8 Å². The van der Waals surface area contributed by atoms with Gasteiger partial charge in [0.2, 0.25) is 0 Å². The first kappa shape index (κ1) is 18.8. The highest BCUT2D eigenvalue weighted by molar-refractivity contribution is 5.81. The minimum absolute atomic E-state index is 0.0605. The Morgan fingerprint density at radius 3 is 2.64 bits per heavy atom. The second kappa shape index (κ2) is 9.07. The molecule has 0 heterocycles. The molecule has 6 nitrogen and oxygen atoms in total. The van der Waals surface area contributed by atoms with Gasteiger partial charge in [0.05, 0.1) is 19.1 Å². The lowest BCUT2D eigenvalue weighted by Crippen LogP contribution is -2.50. The molecule has 1 aromatic carbocycles. The van der Waals surface area contributed by atoms with Crippen LogP contribution in [0.1, 0.15) is 44.1 Å². The Morgan fingerprint density at radius 2 is 1.96 bits per heavy atom. The van der Waals surface area contributed by atoms with Crippen molar-refractivity contribution in [2.45, 2.75) is 51.0 Å². The third kappa shape index (κ3) is 5.79.